The van der Waals surface area contributed by atoms with Crippen LogP contribution in [0, 0.1) is 11.8 Å². The lowest BCUT2D eigenvalue weighted by Crippen LogP contribution is -2.63. The smallest absolute Gasteiger partial charge is 0.265 e. The Labute approximate surface area is 249 Å². The SMILES string of the molecule is CC1=C[C@@H](C2SCCCS2)C[C@H]2[C@H](N(C)C)c3onc(OCc4ccccc4)c3C(=O)[C@@]12O[Si](C)(C)C(C)(C)C. The van der Waals surface area contributed by atoms with Crippen molar-refractivity contribution in [1.82, 2.24) is 10.1 Å². The molecule has 1 aromatic heterocycles. The van der Waals surface area contributed by atoms with Crippen molar-refractivity contribution in [3.05, 3.63) is 58.9 Å². The van der Waals surface area contributed by atoms with E-state index in [0.29, 0.717) is 28.4 Å². The molecule has 2 aromatic rings. The Morgan fingerprint density at radius 3 is 2.45 bits per heavy atom. The van der Waals surface area contributed by atoms with Crippen LogP contribution in [-0.2, 0) is 11.0 Å². The van der Waals surface area contributed by atoms with Gasteiger partial charge >= 0.3 is 0 Å². The van der Waals surface area contributed by atoms with Gasteiger partial charge in [-0.2, -0.15) is 0 Å². The third kappa shape index (κ3) is 5.25. The fraction of sp³-hybridized carbons (Fsp3) is 0.613. The van der Waals surface area contributed by atoms with Gasteiger partial charge in [-0.1, -0.05) is 57.2 Å². The average Bonchev–Trinajstić information content (AvgIpc) is 3.32. The van der Waals surface area contributed by atoms with E-state index in [-0.39, 0.29) is 28.7 Å². The number of hydrogen-bond donors (Lipinski definition) is 0. The first-order valence-electron chi connectivity index (χ1n) is 14.4. The molecule has 5 rings (SSSR count). The Balaban J connectivity index is 1.63. The van der Waals surface area contributed by atoms with Crippen LogP contribution < -0.4 is 4.74 Å². The molecule has 3 aliphatic rings. The van der Waals surface area contributed by atoms with Crippen molar-refractivity contribution >= 4 is 37.6 Å². The van der Waals surface area contributed by atoms with Crippen LogP contribution in [0.3, 0.4) is 0 Å². The number of thioether (sulfide) groups is 2. The minimum atomic E-state index is -2.39. The van der Waals surface area contributed by atoms with Gasteiger partial charge in [-0.15, -0.1) is 23.5 Å². The first-order chi connectivity index (χ1) is 18.9. The van der Waals surface area contributed by atoms with E-state index in [4.69, 9.17) is 13.7 Å². The molecule has 6 nitrogen and oxygen atoms in total. The summed E-state index contributed by atoms with van der Waals surface area (Å²) in [4.78, 5) is 17.2. The number of carbonyl (C=O) groups excluding carboxylic acids is 1. The Morgan fingerprint density at radius 1 is 1.15 bits per heavy atom. The summed E-state index contributed by atoms with van der Waals surface area (Å²) in [7, 11) is 1.75. The molecule has 0 saturated carbocycles. The van der Waals surface area contributed by atoms with E-state index < -0.39 is 13.9 Å². The van der Waals surface area contributed by atoms with Gasteiger partial charge in [0.05, 0.1) is 10.6 Å². The van der Waals surface area contributed by atoms with Crippen molar-refractivity contribution in [1.29, 1.82) is 0 Å². The molecule has 0 amide bonds. The van der Waals surface area contributed by atoms with E-state index in [0.717, 1.165) is 17.6 Å². The zero-order valence-corrected chi connectivity index (χ0v) is 27.8. The lowest BCUT2D eigenvalue weighted by molar-refractivity contribution is -0.0238. The monoisotopic (exact) mass is 600 g/mol. The summed E-state index contributed by atoms with van der Waals surface area (Å²) in [5, 5.41) is 4.29. The van der Waals surface area contributed by atoms with Crippen molar-refractivity contribution in [2.45, 2.75) is 81.5 Å². The van der Waals surface area contributed by atoms with Crippen LogP contribution in [0.4, 0.5) is 0 Å². The molecule has 0 N–H and O–H groups in total. The second kappa shape index (κ2) is 11.3. The van der Waals surface area contributed by atoms with Crippen molar-refractivity contribution in [2.75, 3.05) is 25.6 Å². The van der Waals surface area contributed by atoms with Crippen LogP contribution in [-0.4, -0.2) is 59.9 Å². The summed E-state index contributed by atoms with van der Waals surface area (Å²) in [6, 6.07) is 9.78. The summed E-state index contributed by atoms with van der Waals surface area (Å²) in [5.41, 5.74) is 1.40. The molecule has 40 heavy (non-hydrogen) atoms. The zero-order chi connectivity index (χ0) is 28.9. The summed E-state index contributed by atoms with van der Waals surface area (Å²) in [6.07, 6.45) is 4.49. The van der Waals surface area contributed by atoms with Crippen LogP contribution in [0.15, 0.2) is 46.5 Å². The van der Waals surface area contributed by atoms with Crippen molar-refractivity contribution in [3.63, 3.8) is 0 Å². The van der Waals surface area contributed by atoms with Crippen molar-refractivity contribution in [2.24, 2.45) is 11.8 Å². The number of benzene rings is 1. The first kappa shape index (κ1) is 30.0. The van der Waals surface area contributed by atoms with E-state index in [9.17, 15) is 4.79 Å². The maximum atomic E-state index is 15.0. The summed E-state index contributed by atoms with van der Waals surface area (Å²) >= 11 is 4.13. The number of ketones is 1. The molecule has 0 radical (unpaired) electrons. The largest absolute Gasteiger partial charge is 0.470 e. The number of rotatable bonds is 7. The Kier molecular flexibility index (Phi) is 8.45. The van der Waals surface area contributed by atoms with Crippen molar-refractivity contribution < 1.29 is 18.5 Å². The Morgan fingerprint density at radius 2 is 1.82 bits per heavy atom. The molecule has 0 unspecified atom stereocenters. The Hall–Kier alpha value is -1.52. The molecule has 1 aliphatic heterocycles. The molecule has 4 atom stereocenters. The normalized spacial score (nSPS) is 27.8. The van der Waals surface area contributed by atoms with Gasteiger partial charge in [0.25, 0.3) is 5.88 Å². The average molecular weight is 601 g/mol. The summed E-state index contributed by atoms with van der Waals surface area (Å²) < 4.78 is 20.1. The second-order valence-electron chi connectivity index (χ2n) is 13.2. The quantitative estimate of drug-likeness (QED) is 0.238. The number of carbonyl (C=O) groups is 1. The minimum Gasteiger partial charge on any atom is -0.470 e. The van der Waals surface area contributed by atoms with Crippen molar-refractivity contribution in [3.8, 4) is 5.88 Å². The molecule has 2 aliphatic carbocycles. The fourth-order valence-corrected chi connectivity index (χ4v) is 10.8. The van der Waals surface area contributed by atoms with E-state index >= 15 is 0 Å². The lowest BCUT2D eigenvalue weighted by atomic mass is 9.61. The molecule has 9 heteroatoms. The van der Waals surface area contributed by atoms with Gasteiger partial charge < -0.3 is 13.7 Å². The van der Waals surface area contributed by atoms with Gasteiger partial charge in [-0.25, -0.2) is 0 Å². The van der Waals surface area contributed by atoms with E-state index in [1.165, 1.54) is 17.9 Å². The molecule has 218 valence electrons. The Bertz CT molecular complexity index is 1250. The van der Waals surface area contributed by atoms with Gasteiger partial charge in [0.1, 0.15) is 17.8 Å². The maximum Gasteiger partial charge on any atom is 0.265 e. The lowest BCUT2D eigenvalue weighted by Gasteiger charge is -2.55. The topological polar surface area (TPSA) is 64.8 Å². The highest BCUT2D eigenvalue weighted by Gasteiger charge is 2.63. The number of nitrogens with zero attached hydrogens (tertiary/aromatic N) is 2. The van der Waals surface area contributed by atoms with Gasteiger partial charge in [0, 0.05) is 5.92 Å². The van der Waals surface area contributed by atoms with Crippen LogP contribution >= 0.6 is 23.5 Å². The van der Waals surface area contributed by atoms with Crippen LogP contribution in [0.25, 0.3) is 0 Å². The van der Waals surface area contributed by atoms with Gasteiger partial charge in [0.2, 0.25) is 5.78 Å². The van der Waals surface area contributed by atoms with Crippen LogP contribution in [0.1, 0.15) is 68.3 Å². The summed E-state index contributed by atoms with van der Waals surface area (Å²) in [6.45, 7) is 13.6. The fourth-order valence-electron chi connectivity index (χ4n) is 6.15. The molecular formula is C31H44N2O4S2Si. The number of Topliss-reactive ketones (excluding diaryl/α,β-unsaturated/α-hetero) is 1. The van der Waals surface area contributed by atoms with Crippen LogP contribution in [0.5, 0.6) is 5.88 Å². The zero-order valence-electron chi connectivity index (χ0n) is 25.2. The maximum absolute atomic E-state index is 15.0. The molecule has 0 spiro atoms. The van der Waals surface area contributed by atoms with Gasteiger partial charge in [0.15, 0.2) is 14.1 Å². The molecule has 0 bridgehead atoms. The number of allylic oxidation sites excluding steroid dienone is 1. The van der Waals surface area contributed by atoms with Crippen LogP contribution in [0.2, 0.25) is 18.1 Å². The van der Waals surface area contributed by atoms with E-state index in [1.54, 1.807) is 0 Å². The minimum absolute atomic E-state index is 0.0594. The molecular weight excluding hydrogens is 557 g/mol. The molecule has 1 saturated heterocycles. The number of ether oxygens (including phenoxy) is 1. The third-order valence-electron chi connectivity index (χ3n) is 9.20. The van der Waals surface area contributed by atoms with Gasteiger partial charge in [-0.05, 0) is 85.7 Å². The predicted octanol–water partition coefficient (Wildman–Crippen LogP) is 7.59. The van der Waals surface area contributed by atoms with Gasteiger partial charge in [-0.3, -0.25) is 9.69 Å². The highest BCUT2D eigenvalue weighted by Crippen LogP contribution is 2.58. The van der Waals surface area contributed by atoms with E-state index in [1.807, 2.05) is 30.3 Å². The number of fused-ring (bicyclic) bond motifs is 2. The first-order valence-corrected chi connectivity index (χ1v) is 19.4. The standard InChI is InChI=1S/C31H44N2O4S2Si/c1-20-17-22(29-38-15-12-16-39-29)18-23-25(33(5)6)26-24(27(34)31(20,23)37-40(7,8)30(2,3)4)28(32-36-26)35-19-21-13-10-9-11-14-21/h9-11,13-14,17,22-23,25,29H,12,15-16,18-19H2,1-8H3/t22-,23+,25+,31-/m1/s1. The molecule has 1 aromatic carbocycles. The molecule has 2 heterocycles. The highest BCUT2D eigenvalue weighted by molar-refractivity contribution is 8.17. The predicted molar refractivity (Wildman–Crippen MR) is 168 cm³/mol. The third-order valence-corrected chi connectivity index (χ3v) is 16.9. The van der Waals surface area contributed by atoms with E-state index in [2.05, 4.69) is 94.5 Å². The number of hydrogen-bond acceptors (Lipinski definition) is 8. The second-order valence-corrected chi connectivity index (χ2v) is 20.7. The number of aromatic nitrogens is 1. The molecule has 1 fully saturated rings. The summed E-state index contributed by atoms with van der Waals surface area (Å²) in [5.74, 6) is 3.48. The highest BCUT2D eigenvalue weighted by atomic mass is 32.2.